The first-order valence-electron chi connectivity index (χ1n) is 2.96. The molecule has 1 radical (unpaired) electrons. The molecule has 3 nitrogen and oxygen atoms in total. The molecule has 65 valence electrons. The predicted molar refractivity (Wildman–Crippen MR) is 32.9 cm³/mol. The largest absolute Gasteiger partial charge is 0.285 e. The second kappa shape index (κ2) is 2.96. The van der Waals surface area contributed by atoms with Gasteiger partial charge in [0, 0.05) is 7.05 Å². The van der Waals surface area contributed by atoms with Crippen LogP contribution in [-0.2, 0) is 11.8 Å². The van der Waals surface area contributed by atoms with Crippen LogP contribution in [0.3, 0.4) is 0 Å². The number of aromatic nitrogens is 2. The number of hydrogen-bond acceptors (Lipinski definition) is 2. The molecule has 0 saturated carbocycles. The molecular formula is C6H4F3N2O. The van der Waals surface area contributed by atoms with Gasteiger partial charge in [0.15, 0.2) is 0 Å². The Morgan fingerprint density at radius 2 is 2.17 bits per heavy atom. The lowest BCUT2D eigenvalue weighted by molar-refractivity contribution is 0.145. The predicted octanol–water partition coefficient (Wildman–Crippen LogP) is 0.955. The molecule has 0 fully saturated rings. The molecule has 1 aromatic heterocycles. The van der Waals surface area contributed by atoms with E-state index < -0.39 is 23.6 Å². The van der Waals surface area contributed by atoms with Crippen molar-refractivity contribution in [3.63, 3.8) is 0 Å². The first-order valence-corrected chi connectivity index (χ1v) is 2.96. The summed E-state index contributed by atoms with van der Waals surface area (Å²) in [6, 6.07) is 0. The van der Waals surface area contributed by atoms with Crippen molar-refractivity contribution in [2.24, 2.45) is 7.05 Å². The third kappa shape index (κ3) is 1.19. The zero-order valence-electron chi connectivity index (χ0n) is 6.01. The Morgan fingerprint density at radius 3 is 2.50 bits per heavy atom. The summed E-state index contributed by atoms with van der Waals surface area (Å²) in [6.07, 6.45) is -1.88. The van der Waals surface area contributed by atoms with Crippen LogP contribution in [0.2, 0.25) is 0 Å². The Balaban J connectivity index is 3.29. The summed E-state index contributed by atoms with van der Waals surface area (Å²) in [7, 11) is 1.13. The molecule has 0 bridgehead atoms. The van der Waals surface area contributed by atoms with Crippen LogP contribution >= 0.6 is 0 Å². The van der Waals surface area contributed by atoms with E-state index in [1.165, 1.54) is 0 Å². The zero-order valence-corrected chi connectivity index (χ0v) is 6.01. The number of hydrogen-bond donors (Lipinski definition) is 0. The molecule has 0 N–H and O–H groups in total. The fourth-order valence-corrected chi connectivity index (χ4v) is 0.770. The molecule has 1 rings (SSSR count). The Hall–Kier alpha value is -1.33. The lowest BCUT2D eigenvalue weighted by atomic mass is 10.3. The fraction of sp³-hybridized carbons (Fsp3) is 0.333. The minimum absolute atomic E-state index is 0.571. The molecule has 0 aliphatic rings. The van der Waals surface area contributed by atoms with E-state index in [2.05, 4.69) is 5.10 Å². The van der Waals surface area contributed by atoms with Crippen molar-refractivity contribution in [3.05, 3.63) is 17.2 Å². The van der Waals surface area contributed by atoms with Crippen LogP contribution in [0.15, 0.2) is 0 Å². The van der Waals surface area contributed by atoms with E-state index in [-0.39, 0.29) is 0 Å². The summed E-state index contributed by atoms with van der Waals surface area (Å²) in [5.74, 6) is -1.10. The summed E-state index contributed by atoms with van der Waals surface area (Å²) < 4.78 is 37.2. The van der Waals surface area contributed by atoms with Gasteiger partial charge < -0.3 is 0 Å². The second-order valence-electron chi connectivity index (χ2n) is 2.08. The normalized spacial score (nSPS) is 10.8. The van der Waals surface area contributed by atoms with Crippen LogP contribution in [-0.4, -0.2) is 16.1 Å². The van der Waals surface area contributed by atoms with Gasteiger partial charge in [-0.3, -0.25) is 4.79 Å². The van der Waals surface area contributed by atoms with Crippen LogP contribution in [0.5, 0.6) is 0 Å². The molecule has 0 aliphatic heterocycles. The van der Waals surface area contributed by atoms with Crippen LogP contribution < -0.4 is 0 Å². The van der Waals surface area contributed by atoms with Crippen LogP contribution in [0.25, 0.3) is 0 Å². The first-order chi connectivity index (χ1) is 5.57. The van der Waals surface area contributed by atoms with E-state index >= 15 is 0 Å². The summed E-state index contributed by atoms with van der Waals surface area (Å²) >= 11 is 0. The molecule has 0 saturated heterocycles. The van der Waals surface area contributed by atoms with E-state index in [1.807, 2.05) is 0 Å². The third-order valence-corrected chi connectivity index (χ3v) is 1.31. The summed E-state index contributed by atoms with van der Waals surface area (Å²) in [4.78, 5) is 10.0. The Bertz CT molecular complexity index is 308. The third-order valence-electron chi connectivity index (χ3n) is 1.31. The van der Waals surface area contributed by atoms with Gasteiger partial charge in [0.1, 0.15) is 11.3 Å². The topological polar surface area (TPSA) is 34.9 Å². The molecule has 0 aromatic carbocycles. The number of rotatable bonds is 2. The average Bonchev–Trinajstić information content (AvgIpc) is 2.29. The van der Waals surface area contributed by atoms with Crippen LogP contribution in [0.4, 0.5) is 13.2 Å². The summed E-state index contributed by atoms with van der Waals surface area (Å²) in [6.45, 7) is 0. The highest BCUT2D eigenvalue weighted by Crippen LogP contribution is 2.21. The van der Waals surface area contributed by atoms with E-state index in [0.717, 1.165) is 13.3 Å². The van der Waals surface area contributed by atoms with Crippen LogP contribution in [0, 0.1) is 5.95 Å². The minimum atomic E-state index is -2.96. The second-order valence-corrected chi connectivity index (χ2v) is 2.08. The number of carbonyl (C=O) groups excluding carboxylic acids is 1. The molecule has 12 heavy (non-hydrogen) atoms. The Morgan fingerprint density at radius 1 is 1.58 bits per heavy atom. The van der Waals surface area contributed by atoms with Crippen molar-refractivity contribution in [2.45, 2.75) is 6.43 Å². The summed E-state index contributed by atoms with van der Waals surface area (Å²) in [5, 5.41) is 3.11. The molecule has 1 heterocycles. The van der Waals surface area contributed by atoms with E-state index in [9.17, 15) is 18.0 Å². The maximum absolute atomic E-state index is 12.7. The van der Waals surface area contributed by atoms with Crippen LogP contribution in [0.1, 0.15) is 17.7 Å². The smallest absolute Gasteiger partial charge is 0.283 e. The van der Waals surface area contributed by atoms with Crippen molar-refractivity contribution < 1.29 is 18.0 Å². The lowest BCUT2D eigenvalue weighted by Gasteiger charge is -1.90. The van der Waals surface area contributed by atoms with Crippen molar-refractivity contribution in [1.82, 2.24) is 9.78 Å². The van der Waals surface area contributed by atoms with Gasteiger partial charge in [0.2, 0.25) is 12.2 Å². The highest BCUT2D eigenvalue weighted by Gasteiger charge is 2.22. The zero-order chi connectivity index (χ0) is 9.30. The standard InChI is InChI=1S/C6H4F3N2O/c1-11-6(9)3(2-12)4(10-11)5(7)8/h5H,1H3. The average molecular weight is 177 g/mol. The van der Waals surface area contributed by atoms with E-state index in [1.54, 1.807) is 0 Å². The number of aryl methyl sites for hydroxylation is 1. The molecule has 0 spiro atoms. The van der Waals surface area contributed by atoms with Crippen molar-refractivity contribution in [2.75, 3.05) is 0 Å². The van der Waals surface area contributed by atoms with Crippen molar-refractivity contribution >= 4 is 6.29 Å². The molecule has 0 unspecified atom stereocenters. The fourth-order valence-electron chi connectivity index (χ4n) is 0.770. The Kier molecular flexibility index (Phi) is 2.16. The number of alkyl halides is 2. The molecule has 0 amide bonds. The summed E-state index contributed by atoms with van der Waals surface area (Å²) in [5.41, 5.74) is -1.67. The first kappa shape index (κ1) is 8.76. The molecular weight excluding hydrogens is 173 g/mol. The van der Waals surface area contributed by atoms with Gasteiger partial charge in [-0.05, 0) is 0 Å². The molecule has 6 heteroatoms. The van der Waals surface area contributed by atoms with Gasteiger partial charge in [0.25, 0.3) is 6.43 Å². The van der Waals surface area contributed by atoms with Gasteiger partial charge in [-0.25, -0.2) is 13.5 Å². The molecule has 0 atom stereocenters. The van der Waals surface area contributed by atoms with Gasteiger partial charge in [0.05, 0.1) is 0 Å². The van der Waals surface area contributed by atoms with Gasteiger partial charge >= 0.3 is 0 Å². The van der Waals surface area contributed by atoms with Gasteiger partial charge in [-0.15, -0.1) is 0 Å². The Labute approximate surface area is 65.8 Å². The van der Waals surface area contributed by atoms with Gasteiger partial charge in [-0.1, -0.05) is 0 Å². The number of nitrogens with zero attached hydrogens (tertiary/aromatic N) is 2. The van der Waals surface area contributed by atoms with Gasteiger partial charge in [-0.2, -0.15) is 9.49 Å². The highest BCUT2D eigenvalue weighted by atomic mass is 19.3. The maximum atomic E-state index is 12.7. The maximum Gasteiger partial charge on any atom is 0.283 e. The van der Waals surface area contributed by atoms with Crippen molar-refractivity contribution in [1.29, 1.82) is 0 Å². The molecule has 0 aliphatic carbocycles. The molecule has 1 aromatic rings. The minimum Gasteiger partial charge on any atom is -0.285 e. The quantitative estimate of drug-likeness (QED) is 0.674. The van der Waals surface area contributed by atoms with E-state index in [4.69, 9.17) is 0 Å². The SMILES string of the molecule is Cn1nc(C(F)F)c([C]=O)c1F. The van der Waals surface area contributed by atoms with E-state index in [0.29, 0.717) is 4.68 Å². The lowest BCUT2D eigenvalue weighted by Crippen LogP contribution is -1.94. The number of halogens is 3. The monoisotopic (exact) mass is 177 g/mol. The van der Waals surface area contributed by atoms with Crippen molar-refractivity contribution in [3.8, 4) is 0 Å². The highest BCUT2D eigenvalue weighted by molar-refractivity contribution is 5.77.